The average Bonchev–Trinajstić information content (AvgIpc) is 2.09. The number of carbonyl (C=O) groups excluding carboxylic acids is 1. The smallest absolute Gasteiger partial charge is 0.313 e. The van der Waals surface area contributed by atoms with Crippen LogP contribution in [0.15, 0.2) is 0 Å². The van der Waals surface area contributed by atoms with Gasteiger partial charge in [0.2, 0.25) is 0 Å². The highest BCUT2D eigenvalue weighted by Crippen LogP contribution is 2.36. The number of esters is 1. The fraction of sp³-hybridized carbons (Fsp3) is 0.833. The SMILES string of the molecule is O=C1O[C@H]2CCCC12. The molecule has 1 aliphatic heterocycles. The fourth-order valence-corrected chi connectivity index (χ4v) is 1.50. The summed E-state index contributed by atoms with van der Waals surface area (Å²) in [7, 11) is 0. The molecule has 0 radical (unpaired) electrons. The number of hydrogen-bond acceptors (Lipinski definition) is 2. The van der Waals surface area contributed by atoms with E-state index in [0.29, 0.717) is 12.0 Å². The van der Waals surface area contributed by atoms with E-state index in [0.717, 1.165) is 12.8 Å². The van der Waals surface area contributed by atoms with E-state index in [4.69, 9.17) is 4.74 Å². The molecule has 0 amide bonds. The maximum atomic E-state index is 10.5. The first-order valence-corrected chi connectivity index (χ1v) is 3.08. The van der Waals surface area contributed by atoms with Gasteiger partial charge in [0.05, 0.1) is 5.92 Å². The molecule has 8 heavy (non-hydrogen) atoms. The van der Waals surface area contributed by atoms with Gasteiger partial charge in [0.1, 0.15) is 6.10 Å². The highest BCUT2D eigenvalue weighted by molar-refractivity contribution is 5.78. The fourth-order valence-electron chi connectivity index (χ4n) is 1.50. The van der Waals surface area contributed by atoms with Crippen molar-refractivity contribution < 1.29 is 9.53 Å². The number of rotatable bonds is 0. The van der Waals surface area contributed by atoms with Gasteiger partial charge < -0.3 is 4.74 Å². The number of hydrogen-bond donors (Lipinski definition) is 0. The van der Waals surface area contributed by atoms with Gasteiger partial charge in [-0.05, 0) is 19.3 Å². The van der Waals surface area contributed by atoms with Crippen LogP contribution in [0.5, 0.6) is 0 Å². The van der Waals surface area contributed by atoms with Crippen LogP contribution in [0.1, 0.15) is 19.3 Å². The zero-order chi connectivity index (χ0) is 5.56. The summed E-state index contributed by atoms with van der Waals surface area (Å²) in [6.07, 6.45) is 3.68. The number of fused-ring (bicyclic) bond motifs is 1. The van der Waals surface area contributed by atoms with Gasteiger partial charge in [0.25, 0.3) is 0 Å². The minimum Gasteiger partial charge on any atom is -0.461 e. The Labute approximate surface area is 47.8 Å². The average molecular weight is 112 g/mol. The molecule has 2 rings (SSSR count). The summed E-state index contributed by atoms with van der Waals surface area (Å²) in [5.41, 5.74) is 0. The molecule has 2 nitrogen and oxygen atoms in total. The molecule has 1 saturated carbocycles. The van der Waals surface area contributed by atoms with E-state index >= 15 is 0 Å². The van der Waals surface area contributed by atoms with Crippen LogP contribution >= 0.6 is 0 Å². The van der Waals surface area contributed by atoms with Crippen LogP contribution in [0.4, 0.5) is 0 Å². The topological polar surface area (TPSA) is 26.3 Å². The van der Waals surface area contributed by atoms with Crippen LogP contribution in [0, 0.1) is 5.92 Å². The zero-order valence-electron chi connectivity index (χ0n) is 4.59. The molecule has 0 spiro atoms. The van der Waals surface area contributed by atoms with Gasteiger partial charge in [-0.1, -0.05) is 0 Å². The van der Waals surface area contributed by atoms with E-state index in [1.54, 1.807) is 0 Å². The van der Waals surface area contributed by atoms with E-state index in [1.165, 1.54) is 6.42 Å². The minimum atomic E-state index is 0.0347. The van der Waals surface area contributed by atoms with Crippen molar-refractivity contribution in [1.29, 1.82) is 0 Å². The lowest BCUT2D eigenvalue weighted by Gasteiger charge is -2.28. The highest BCUT2D eigenvalue weighted by Gasteiger charge is 2.45. The van der Waals surface area contributed by atoms with Crippen molar-refractivity contribution in [2.45, 2.75) is 25.4 Å². The molecular formula is C6H8O2. The standard InChI is InChI=1S/C6H8O2/c7-6-4-2-1-3-5(4)8-6/h4-5H,1-3H2/t4?,5-/m0/s1. The summed E-state index contributed by atoms with van der Waals surface area (Å²) in [6.45, 7) is 0. The van der Waals surface area contributed by atoms with Gasteiger partial charge in [-0.2, -0.15) is 0 Å². The molecule has 0 N–H and O–H groups in total. The third kappa shape index (κ3) is 0.358. The molecule has 1 heterocycles. The molecule has 1 aliphatic carbocycles. The van der Waals surface area contributed by atoms with Crippen LogP contribution in [-0.2, 0) is 9.53 Å². The summed E-state index contributed by atoms with van der Waals surface area (Å²) < 4.78 is 4.82. The second-order valence-corrected chi connectivity index (χ2v) is 2.51. The summed E-state index contributed by atoms with van der Waals surface area (Å²) in [5, 5.41) is 0. The van der Waals surface area contributed by atoms with Gasteiger partial charge in [-0.3, -0.25) is 4.79 Å². The van der Waals surface area contributed by atoms with Crippen molar-refractivity contribution in [3.8, 4) is 0 Å². The predicted molar refractivity (Wildman–Crippen MR) is 27.2 cm³/mol. The molecule has 0 bridgehead atoms. The van der Waals surface area contributed by atoms with Crippen LogP contribution in [-0.4, -0.2) is 12.1 Å². The second kappa shape index (κ2) is 1.24. The second-order valence-electron chi connectivity index (χ2n) is 2.51. The lowest BCUT2D eigenvalue weighted by Crippen LogP contribution is -2.40. The Morgan fingerprint density at radius 2 is 2.38 bits per heavy atom. The molecule has 44 valence electrons. The Balaban J connectivity index is 2.11. The maximum absolute atomic E-state index is 10.5. The third-order valence-corrected chi connectivity index (χ3v) is 2.02. The van der Waals surface area contributed by atoms with Gasteiger partial charge >= 0.3 is 5.97 Å². The Bertz CT molecular complexity index is 130. The Morgan fingerprint density at radius 1 is 1.50 bits per heavy atom. The normalized spacial score (nSPS) is 42.8. The number of ether oxygens (including phenoxy) is 1. The maximum Gasteiger partial charge on any atom is 0.313 e. The molecule has 1 saturated heterocycles. The van der Waals surface area contributed by atoms with Crippen molar-refractivity contribution >= 4 is 5.97 Å². The van der Waals surface area contributed by atoms with E-state index < -0.39 is 0 Å². The third-order valence-electron chi connectivity index (χ3n) is 2.02. The lowest BCUT2D eigenvalue weighted by molar-refractivity contribution is -0.179. The Hall–Kier alpha value is -0.530. The van der Waals surface area contributed by atoms with Gasteiger partial charge in [0, 0.05) is 0 Å². The highest BCUT2D eigenvalue weighted by atomic mass is 16.6. The van der Waals surface area contributed by atoms with Crippen LogP contribution in [0.25, 0.3) is 0 Å². The van der Waals surface area contributed by atoms with Crippen LogP contribution in [0.2, 0.25) is 0 Å². The van der Waals surface area contributed by atoms with Gasteiger partial charge in [0.15, 0.2) is 0 Å². The molecule has 2 heteroatoms. The van der Waals surface area contributed by atoms with Crippen LogP contribution < -0.4 is 0 Å². The van der Waals surface area contributed by atoms with Gasteiger partial charge in [-0.25, -0.2) is 0 Å². The summed E-state index contributed by atoms with van der Waals surface area (Å²) >= 11 is 0. The van der Waals surface area contributed by atoms with Crippen molar-refractivity contribution in [1.82, 2.24) is 0 Å². The Kier molecular flexibility index (Phi) is 0.678. The summed E-state index contributed by atoms with van der Waals surface area (Å²) in [6, 6.07) is 0. The zero-order valence-corrected chi connectivity index (χ0v) is 4.59. The van der Waals surface area contributed by atoms with Crippen molar-refractivity contribution in [2.24, 2.45) is 5.92 Å². The molecule has 1 unspecified atom stereocenters. The number of carbonyl (C=O) groups is 1. The predicted octanol–water partition coefficient (Wildman–Crippen LogP) is 0.712. The molecule has 0 aromatic heterocycles. The molecule has 2 aliphatic rings. The first-order valence-electron chi connectivity index (χ1n) is 3.08. The molecule has 0 aromatic carbocycles. The van der Waals surface area contributed by atoms with E-state index in [2.05, 4.69) is 0 Å². The largest absolute Gasteiger partial charge is 0.461 e. The summed E-state index contributed by atoms with van der Waals surface area (Å²) in [5.74, 6) is 0.336. The molecule has 2 fully saturated rings. The monoisotopic (exact) mass is 112 g/mol. The summed E-state index contributed by atoms with van der Waals surface area (Å²) in [4.78, 5) is 10.5. The first-order chi connectivity index (χ1) is 3.88. The van der Waals surface area contributed by atoms with Crippen molar-refractivity contribution in [3.63, 3.8) is 0 Å². The molecule has 0 aromatic rings. The van der Waals surface area contributed by atoms with E-state index in [1.807, 2.05) is 0 Å². The van der Waals surface area contributed by atoms with E-state index in [9.17, 15) is 4.79 Å². The molecular weight excluding hydrogens is 104 g/mol. The Morgan fingerprint density at radius 3 is 2.88 bits per heavy atom. The van der Waals surface area contributed by atoms with Crippen molar-refractivity contribution in [2.75, 3.05) is 0 Å². The van der Waals surface area contributed by atoms with Crippen LogP contribution in [0.3, 0.4) is 0 Å². The quantitative estimate of drug-likeness (QED) is 0.431. The van der Waals surface area contributed by atoms with E-state index in [-0.39, 0.29) is 5.97 Å². The van der Waals surface area contributed by atoms with Crippen molar-refractivity contribution in [3.05, 3.63) is 0 Å². The van der Waals surface area contributed by atoms with Gasteiger partial charge in [-0.15, -0.1) is 0 Å². The minimum absolute atomic E-state index is 0.0347. The lowest BCUT2D eigenvalue weighted by atomic mass is 10.0. The molecule has 2 atom stereocenters. The first kappa shape index (κ1) is 4.36.